The predicted octanol–water partition coefficient (Wildman–Crippen LogP) is 3.99. The van der Waals surface area contributed by atoms with Gasteiger partial charge in [0.2, 0.25) is 0 Å². The zero-order valence-corrected chi connectivity index (χ0v) is 14.3. The number of aromatic nitrogens is 2. The molecule has 4 aromatic rings. The molecule has 0 aliphatic carbocycles. The van der Waals surface area contributed by atoms with Gasteiger partial charge in [0.25, 0.3) is 6.47 Å². The number of ether oxygens (including phenoxy) is 1. The number of hydrogen-bond acceptors (Lipinski definition) is 4. The Labute approximate surface area is 150 Å². The monoisotopic (exact) mass is 346 g/mol. The number of nitrogens with zero attached hydrogens (tertiary/aromatic N) is 2. The fraction of sp³-hybridized carbons (Fsp3) is 0.143. The average Bonchev–Trinajstić information content (AvgIpc) is 3.00. The van der Waals surface area contributed by atoms with Crippen molar-refractivity contribution in [2.75, 3.05) is 0 Å². The van der Waals surface area contributed by atoms with E-state index >= 15 is 0 Å². The highest BCUT2D eigenvalue weighted by Crippen LogP contribution is 2.38. The van der Waals surface area contributed by atoms with Crippen molar-refractivity contribution in [3.05, 3.63) is 66.5 Å². The highest BCUT2D eigenvalue weighted by atomic mass is 16.5. The smallest absolute Gasteiger partial charge is 0.293 e. The second kappa shape index (κ2) is 6.52. The molecule has 0 amide bonds. The van der Waals surface area contributed by atoms with E-state index in [0.29, 0.717) is 18.6 Å². The summed E-state index contributed by atoms with van der Waals surface area (Å²) >= 11 is 0. The number of carbonyl (C=O) groups excluding carboxylic acids is 1. The Morgan fingerprint density at radius 3 is 2.62 bits per heavy atom. The summed E-state index contributed by atoms with van der Waals surface area (Å²) in [4.78, 5) is 15.0. The summed E-state index contributed by atoms with van der Waals surface area (Å²) in [5, 5.41) is 12.6. The molecular weight excluding hydrogens is 328 g/mol. The van der Waals surface area contributed by atoms with Gasteiger partial charge in [-0.25, -0.2) is 0 Å². The van der Waals surface area contributed by atoms with Crippen molar-refractivity contribution in [2.24, 2.45) is 0 Å². The lowest BCUT2D eigenvalue weighted by molar-refractivity contribution is -0.132. The van der Waals surface area contributed by atoms with Crippen LogP contribution in [-0.4, -0.2) is 27.2 Å². The Hall–Kier alpha value is -3.34. The third kappa shape index (κ3) is 2.58. The van der Waals surface area contributed by atoms with Crippen molar-refractivity contribution >= 4 is 28.3 Å². The van der Waals surface area contributed by atoms with E-state index in [-0.39, 0.29) is 11.9 Å². The third-order valence-electron chi connectivity index (χ3n) is 4.55. The normalized spacial score (nSPS) is 12.3. The van der Waals surface area contributed by atoms with Crippen molar-refractivity contribution in [3.63, 3.8) is 0 Å². The molecule has 0 radical (unpaired) electrons. The van der Waals surface area contributed by atoms with Gasteiger partial charge >= 0.3 is 0 Å². The van der Waals surface area contributed by atoms with Crippen LogP contribution in [-0.2, 0) is 16.0 Å². The molecule has 2 aromatic carbocycles. The number of hydrogen-bond donors (Lipinski definition) is 1. The molecule has 2 heterocycles. The molecule has 26 heavy (non-hydrogen) atoms. The standard InChI is InChI=1S/C21H18N2O3/c1-14(26-13-24)11-17-21(25)20-16-9-5-6-10-18(16)23(19(20)12-22-17)15-7-3-2-4-8-15/h2-10,12-14,25H,11H2,1H3. The number of rotatable bonds is 5. The Bertz CT molecular complexity index is 1090. The van der Waals surface area contributed by atoms with Crippen molar-refractivity contribution in [2.45, 2.75) is 19.4 Å². The number of carbonyl (C=O) groups is 1. The minimum Gasteiger partial charge on any atom is -0.505 e. The molecule has 0 saturated heterocycles. The molecule has 5 heteroatoms. The molecular formula is C21H18N2O3. The molecule has 130 valence electrons. The van der Waals surface area contributed by atoms with Gasteiger partial charge in [0.05, 0.1) is 28.3 Å². The summed E-state index contributed by atoms with van der Waals surface area (Å²) in [6.07, 6.45) is 1.77. The maximum Gasteiger partial charge on any atom is 0.293 e. The number of aromatic hydroxyl groups is 1. The van der Waals surface area contributed by atoms with Crippen LogP contribution in [0.1, 0.15) is 12.6 Å². The van der Waals surface area contributed by atoms with Gasteiger partial charge in [0.15, 0.2) is 0 Å². The molecule has 5 nitrogen and oxygen atoms in total. The van der Waals surface area contributed by atoms with E-state index in [9.17, 15) is 9.90 Å². The predicted molar refractivity (Wildman–Crippen MR) is 101 cm³/mol. The number of pyridine rings is 1. The summed E-state index contributed by atoms with van der Waals surface area (Å²) in [6, 6.07) is 17.9. The van der Waals surface area contributed by atoms with Crippen LogP contribution in [0.25, 0.3) is 27.5 Å². The molecule has 1 N–H and O–H groups in total. The van der Waals surface area contributed by atoms with Gasteiger partial charge in [-0.3, -0.25) is 9.78 Å². The molecule has 0 aliphatic rings. The lowest BCUT2D eigenvalue weighted by atomic mass is 10.1. The summed E-state index contributed by atoms with van der Waals surface area (Å²) in [5.74, 6) is 0.134. The lowest BCUT2D eigenvalue weighted by Crippen LogP contribution is -2.11. The Balaban J connectivity index is 1.99. The fourth-order valence-corrected chi connectivity index (χ4v) is 3.40. The SMILES string of the molecule is CC(Cc1ncc2c(c1O)c1ccccc1n2-c1ccccc1)OC=O. The summed E-state index contributed by atoms with van der Waals surface area (Å²) in [5.41, 5.74) is 3.36. The van der Waals surface area contributed by atoms with Crippen molar-refractivity contribution in [1.29, 1.82) is 0 Å². The number of para-hydroxylation sites is 2. The molecule has 0 saturated carbocycles. The summed E-state index contributed by atoms with van der Waals surface area (Å²) in [6.45, 7) is 2.19. The second-order valence-corrected chi connectivity index (χ2v) is 6.25. The van der Waals surface area contributed by atoms with Crippen LogP contribution in [0.2, 0.25) is 0 Å². The van der Waals surface area contributed by atoms with Crippen LogP contribution < -0.4 is 0 Å². The van der Waals surface area contributed by atoms with Gasteiger partial charge in [-0.15, -0.1) is 0 Å². The molecule has 0 spiro atoms. The van der Waals surface area contributed by atoms with Crippen LogP contribution in [0.15, 0.2) is 60.8 Å². The van der Waals surface area contributed by atoms with Crippen LogP contribution in [0.3, 0.4) is 0 Å². The van der Waals surface area contributed by atoms with Gasteiger partial charge in [-0.05, 0) is 25.1 Å². The molecule has 1 unspecified atom stereocenters. The van der Waals surface area contributed by atoms with Gasteiger partial charge < -0.3 is 14.4 Å². The summed E-state index contributed by atoms with van der Waals surface area (Å²) in [7, 11) is 0. The maximum atomic E-state index is 10.9. The minimum atomic E-state index is -0.356. The highest BCUT2D eigenvalue weighted by molar-refractivity contribution is 6.12. The van der Waals surface area contributed by atoms with E-state index in [2.05, 4.69) is 9.55 Å². The molecule has 1 atom stereocenters. The molecule has 4 rings (SSSR count). The van der Waals surface area contributed by atoms with Crippen LogP contribution in [0.4, 0.5) is 0 Å². The van der Waals surface area contributed by atoms with Crippen molar-refractivity contribution in [3.8, 4) is 11.4 Å². The van der Waals surface area contributed by atoms with E-state index in [1.807, 2.05) is 54.6 Å². The first-order chi connectivity index (χ1) is 12.7. The van der Waals surface area contributed by atoms with Gasteiger partial charge in [-0.1, -0.05) is 36.4 Å². The second-order valence-electron chi connectivity index (χ2n) is 6.25. The Morgan fingerprint density at radius 1 is 1.12 bits per heavy atom. The average molecular weight is 346 g/mol. The van der Waals surface area contributed by atoms with E-state index in [1.54, 1.807) is 13.1 Å². The first kappa shape index (κ1) is 16.1. The first-order valence-electron chi connectivity index (χ1n) is 8.45. The van der Waals surface area contributed by atoms with Crippen LogP contribution >= 0.6 is 0 Å². The zero-order valence-electron chi connectivity index (χ0n) is 14.3. The first-order valence-corrected chi connectivity index (χ1v) is 8.45. The highest BCUT2D eigenvalue weighted by Gasteiger charge is 2.19. The van der Waals surface area contributed by atoms with Crippen LogP contribution in [0.5, 0.6) is 5.75 Å². The lowest BCUT2D eigenvalue weighted by Gasteiger charge is -2.11. The number of fused-ring (bicyclic) bond motifs is 3. The topological polar surface area (TPSA) is 64.3 Å². The molecule has 0 bridgehead atoms. The van der Waals surface area contributed by atoms with Gasteiger partial charge in [0.1, 0.15) is 11.9 Å². The third-order valence-corrected chi connectivity index (χ3v) is 4.55. The van der Waals surface area contributed by atoms with Crippen molar-refractivity contribution in [1.82, 2.24) is 9.55 Å². The zero-order chi connectivity index (χ0) is 18.1. The molecule has 0 fully saturated rings. The largest absolute Gasteiger partial charge is 0.505 e. The Kier molecular flexibility index (Phi) is 4.05. The van der Waals surface area contributed by atoms with Crippen LogP contribution in [0, 0.1) is 0 Å². The fourth-order valence-electron chi connectivity index (χ4n) is 3.40. The van der Waals surface area contributed by atoms with Gasteiger partial charge in [-0.2, -0.15) is 0 Å². The maximum absolute atomic E-state index is 10.9. The molecule has 0 aliphatic heterocycles. The van der Waals surface area contributed by atoms with E-state index in [1.165, 1.54) is 0 Å². The van der Waals surface area contributed by atoms with E-state index < -0.39 is 0 Å². The van der Waals surface area contributed by atoms with E-state index in [0.717, 1.165) is 27.5 Å². The number of benzene rings is 2. The minimum absolute atomic E-state index is 0.134. The molecule has 2 aromatic heterocycles. The van der Waals surface area contributed by atoms with Crippen molar-refractivity contribution < 1.29 is 14.6 Å². The summed E-state index contributed by atoms with van der Waals surface area (Å²) < 4.78 is 7.03. The Morgan fingerprint density at radius 2 is 1.85 bits per heavy atom. The van der Waals surface area contributed by atoms with E-state index in [4.69, 9.17) is 4.74 Å². The quantitative estimate of drug-likeness (QED) is 0.555. The van der Waals surface area contributed by atoms with Gasteiger partial charge in [0, 0.05) is 17.5 Å².